The van der Waals surface area contributed by atoms with Crippen molar-refractivity contribution in [2.75, 3.05) is 32.8 Å². The molecule has 1 N–H and O–H groups in total. The fourth-order valence-corrected chi connectivity index (χ4v) is 4.04. The van der Waals surface area contributed by atoms with Gasteiger partial charge in [0.15, 0.2) is 0 Å². The minimum Gasteiger partial charge on any atom is -0.379 e. The zero-order chi connectivity index (χ0) is 18.6. The van der Waals surface area contributed by atoms with Gasteiger partial charge in [-0.15, -0.1) is 11.3 Å². The van der Waals surface area contributed by atoms with Crippen molar-refractivity contribution in [2.45, 2.75) is 6.04 Å². The number of nitrogens with one attached hydrogen (secondary N) is 1. The van der Waals surface area contributed by atoms with Crippen LogP contribution in [-0.4, -0.2) is 48.6 Å². The number of rotatable bonds is 5. The van der Waals surface area contributed by atoms with Crippen molar-refractivity contribution in [3.8, 4) is 0 Å². The second kappa shape index (κ2) is 8.12. The highest BCUT2D eigenvalue weighted by Crippen LogP contribution is 2.23. The molecule has 1 saturated heterocycles. The van der Waals surface area contributed by atoms with Gasteiger partial charge in [-0.3, -0.25) is 9.69 Å². The van der Waals surface area contributed by atoms with Crippen LogP contribution in [0.5, 0.6) is 0 Å². The number of hydrogen-bond donors (Lipinski definition) is 1. The van der Waals surface area contributed by atoms with Gasteiger partial charge in [-0.2, -0.15) is 0 Å². The lowest BCUT2D eigenvalue weighted by Crippen LogP contribution is -2.43. The van der Waals surface area contributed by atoms with Gasteiger partial charge in [0.2, 0.25) is 0 Å². The molecule has 1 atom stereocenters. The summed E-state index contributed by atoms with van der Waals surface area (Å²) in [6, 6.07) is 12.0. The average molecular weight is 385 g/mol. The van der Waals surface area contributed by atoms with Crippen LogP contribution in [0.3, 0.4) is 0 Å². The van der Waals surface area contributed by atoms with Crippen LogP contribution in [0.15, 0.2) is 48.0 Å². The number of nitrogens with zero attached hydrogens (tertiary/aromatic N) is 2. The minimum absolute atomic E-state index is 0.0226. The lowest BCUT2D eigenvalue weighted by atomic mass is 10.0. The third-order valence-electron chi connectivity index (χ3n) is 4.79. The summed E-state index contributed by atoms with van der Waals surface area (Å²) in [4.78, 5) is 19.2. The summed E-state index contributed by atoms with van der Waals surface area (Å²) in [5.74, 6) is -0.382. The molecule has 1 aromatic heterocycles. The van der Waals surface area contributed by atoms with Crippen LogP contribution in [0.25, 0.3) is 10.2 Å². The van der Waals surface area contributed by atoms with Gasteiger partial charge in [-0.05, 0) is 35.9 Å². The summed E-state index contributed by atoms with van der Waals surface area (Å²) < 4.78 is 19.8. The fraction of sp³-hybridized carbons (Fsp3) is 0.300. The maximum atomic E-state index is 13.3. The van der Waals surface area contributed by atoms with Gasteiger partial charge < -0.3 is 10.1 Å². The summed E-state index contributed by atoms with van der Waals surface area (Å²) in [6.07, 6.45) is 0. The van der Waals surface area contributed by atoms with Crippen molar-refractivity contribution in [3.05, 3.63) is 64.9 Å². The van der Waals surface area contributed by atoms with Gasteiger partial charge in [-0.1, -0.05) is 12.1 Å². The third kappa shape index (κ3) is 4.16. The Labute approximate surface area is 160 Å². The number of fused-ring (bicyclic) bond motifs is 1. The highest BCUT2D eigenvalue weighted by Gasteiger charge is 2.23. The molecule has 0 aliphatic carbocycles. The molecule has 0 saturated carbocycles. The third-order valence-corrected chi connectivity index (χ3v) is 5.58. The molecule has 3 aromatic rings. The molecule has 27 heavy (non-hydrogen) atoms. The van der Waals surface area contributed by atoms with E-state index in [0.29, 0.717) is 25.3 Å². The molecule has 4 rings (SSSR count). The smallest absolute Gasteiger partial charge is 0.251 e. The van der Waals surface area contributed by atoms with E-state index in [2.05, 4.69) is 15.2 Å². The molecule has 1 amide bonds. The predicted molar refractivity (Wildman–Crippen MR) is 103 cm³/mol. The largest absolute Gasteiger partial charge is 0.379 e. The van der Waals surface area contributed by atoms with Crippen molar-refractivity contribution in [1.29, 1.82) is 0 Å². The van der Waals surface area contributed by atoms with E-state index in [1.807, 2.05) is 12.1 Å². The molecule has 7 heteroatoms. The number of hydrogen-bond acceptors (Lipinski definition) is 5. The molecule has 2 aromatic carbocycles. The lowest BCUT2D eigenvalue weighted by Gasteiger charge is -2.35. The zero-order valence-corrected chi connectivity index (χ0v) is 15.5. The number of ether oxygens (including phenoxy) is 1. The number of carbonyl (C=O) groups excluding carboxylic acids is 1. The molecule has 1 fully saturated rings. The van der Waals surface area contributed by atoms with E-state index in [-0.39, 0.29) is 17.8 Å². The Morgan fingerprint density at radius 2 is 2.00 bits per heavy atom. The number of aromatic nitrogens is 1. The average Bonchev–Trinajstić information content (AvgIpc) is 3.18. The second-order valence-corrected chi connectivity index (χ2v) is 7.35. The van der Waals surface area contributed by atoms with Crippen LogP contribution in [0.2, 0.25) is 0 Å². The molecule has 0 spiro atoms. The number of halogens is 1. The molecule has 2 heterocycles. The Morgan fingerprint density at radius 1 is 1.22 bits per heavy atom. The van der Waals surface area contributed by atoms with Gasteiger partial charge in [0.25, 0.3) is 5.91 Å². The normalized spacial score (nSPS) is 16.3. The molecule has 1 aliphatic heterocycles. The monoisotopic (exact) mass is 385 g/mol. The van der Waals surface area contributed by atoms with Crippen LogP contribution in [0, 0.1) is 5.82 Å². The molecule has 140 valence electrons. The number of benzene rings is 2. The number of morpholine rings is 1. The Kier molecular flexibility index (Phi) is 5.42. The van der Waals surface area contributed by atoms with E-state index in [1.165, 1.54) is 23.5 Å². The summed E-state index contributed by atoms with van der Waals surface area (Å²) in [5, 5.41) is 3.04. The standard InChI is InChI=1S/C20H20FN3O2S/c21-16-4-1-14(2-5-16)18(24-7-9-26-10-8-24)12-22-20(25)15-3-6-17-19(11-15)27-13-23-17/h1-6,11,13,18H,7-10,12H2,(H,22,25)/t18-/m1/s1. The van der Waals surface area contributed by atoms with Gasteiger partial charge in [-0.25, -0.2) is 9.37 Å². The highest BCUT2D eigenvalue weighted by atomic mass is 32.1. The first-order valence-electron chi connectivity index (χ1n) is 8.89. The maximum absolute atomic E-state index is 13.3. The van der Waals surface area contributed by atoms with Crippen LogP contribution < -0.4 is 5.32 Å². The second-order valence-electron chi connectivity index (χ2n) is 6.46. The van der Waals surface area contributed by atoms with Gasteiger partial charge in [0, 0.05) is 25.2 Å². The highest BCUT2D eigenvalue weighted by molar-refractivity contribution is 7.16. The molecule has 0 radical (unpaired) electrons. The van der Waals surface area contributed by atoms with E-state index in [4.69, 9.17) is 4.74 Å². The molecule has 0 unspecified atom stereocenters. The summed E-state index contributed by atoms with van der Waals surface area (Å²) >= 11 is 1.52. The lowest BCUT2D eigenvalue weighted by molar-refractivity contribution is 0.0162. The van der Waals surface area contributed by atoms with Crippen molar-refractivity contribution >= 4 is 27.5 Å². The SMILES string of the molecule is O=C(NC[C@H](c1ccc(F)cc1)N1CCOCC1)c1ccc2ncsc2c1. The first-order chi connectivity index (χ1) is 13.2. The summed E-state index contributed by atoms with van der Waals surface area (Å²) in [5.41, 5.74) is 4.27. The summed E-state index contributed by atoms with van der Waals surface area (Å²) in [7, 11) is 0. The number of amides is 1. The van der Waals surface area contributed by atoms with Crippen LogP contribution >= 0.6 is 11.3 Å². The minimum atomic E-state index is -0.263. The van der Waals surface area contributed by atoms with Crippen molar-refractivity contribution in [1.82, 2.24) is 15.2 Å². The van der Waals surface area contributed by atoms with Gasteiger partial charge >= 0.3 is 0 Å². The zero-order valence-electron chi connectivity index (χ0n) is 14.7. The molecule has 1 aliphatic rings. The fourth-order valence-electron chi connectivity index (χ4n) is 3.32. The van der Waals surface area contributed by atoms with Crippen LogP contribution in [0.4, 0.5) is 4.39 Å². The predicted octanol–water partition coefficient (Wildman–Crippen LogP) is 3.24. The Balaban J connectivity index is 1.50. The maximum Gasteiger partial charge on any atom is 0.251 e. The quantitative estimate of drug-likeness (QED) is 0.733. The van der Waals surface area contributed by atoms with E-state index in [9.17, 15) is 9.18 Å². The van der Waals surface area contributed by atoms with Crippen LogP contribution in [0.1, 0.15) is 22.0 Å². The van der Waals surface area contributed by atoms with Crippen LogP contribution in [-0.2, 0) is 4.74 Å². The number of carbonyl (C=O) groups is 1. The number of thiazole rings is 1. The van der Waals surface area contributed by atoms with E-state index in [0.717, 1.165) is 28.9 Å². The van der Waals surface area contributed by atoms with Gasteiger partial charge in [0.1, 0.15) is 5.82 Å². The van der Waals surface area contributed by atoms with Crippen molar-refractivity contribution in [2.24, 2.45) is 0 Å². The Bertz CT molecular complexity index is 922. The van der Waals surface area contributed by atoms with E-state index in [1.54, 1.807) is 23.7 Å². The van der Waals surface area contributed by atoms with E-state index >= 15 is 0 Å². The van der Waals surface area contributed by atoms with Crippen molar-refractivity contribution in [3.63, 3.8) is 0 Å². The first-order valence-corrected chi connectivity index (χ1v) is 9.77. The summed E-state index contributed by atoms with van der Waals surface area (Å²) in [6.45, 7) is 3.34. The van der Waals surface area contributed by atoms with Gasteiger partial charge in [0.05, 0.1) is 35.0 Å². The van der Waals surface area contributed by atoms with Crippen molar-refractivity contribution < 1.29 is 13.9 Å². The first kappa shape index (κ1) is 18.0. The van der Waals surface area contributed by atoms with E-state index < -0.39 is 0 Å². The molecular formula is C20H20FN3O2S. The molecular weight excluding hydrogens is 365 g/mol. The molecule has 0 bridgehead atoms. The topological polar surface area (TPSA) is 54.5 Å². The molecule has 5 nitrogen and oxygen atoms in total. The Morgan fingerprint density at radius 3 is 2.78 bits per heavy atom. The Hall–Kier alpha value is -2.35.